The highest BCUT2D eigenvalue weighted by Crippen LogP contribution is 2.23. The van der Waals surface area contributed by atoms with E-state index < -0.39 is 11.4 Å². The van der Waals surface area contributed by atoms with E-state index in [1.807, 2.05) is 32.9 Å². The molecule has 1 aliphatic rings. The van der Waals surface area contributed by atoms with Crippen molar-refractivity contribution in [3.8, 4) is 17.9 Å². The fourth-order valence-electron chi connectivity index (χ4n) is 2.88. The second kappa shape index (κ2) is 11.0. The van der Waals surface area contributed by atoms with E-state index in [4.69, 9.17) is 20.0 Å². The highest BCUT2D eigenvalue weighted by Gasteiger charge is 2.27. The van der Waals surface area contributed by atoms with E-state index in [0.717, 1.165) is 12.8 Å². The number of piperidine rings is 1. The Bertz CT molecular complexity index is 965. The Labute approximate surface area is 182 Å². The minimum Gasteiger partial charge on any atom is -0.489 e. The predicted octanol–water partition coefficient (Wildman–Crippen LogP) is 5.03. The standard InChI is InChI=1S/C17H22N2O3.C7H4FN/c1-17(2,3)22-16(20)19-10-8-14(9-11-19)21-15-7-5-4-6-13(15)12-18;8-7-4-2-1-3-6(7)5-9/h4-7,14H,8-11H2,1-3H3;1-4H. The SMILES string of the molecule is CC(C)(C)OC(=O)N1CCC(Oc2ccccc2C#N)CC1.N#Cc1ccccc1F. The summed E-state index contributed by atoms with van der Waals surface area (Å²) in [7, 11) is 0. The first-order valence-electron chi connectivity index (χ1n) is 10.0. The highest BCUT2D eigenvalue weighted by atomic mass is 19.1. The van der Waals surface area contributed by atoms with Gasteiger partial charge in [-0.2, -0.15) is 10.5 Å². The van der Waals surface area contributed by atoms with Crippen LogP contribution in [0, 0.1) is 28.5 Å². The summed E-state index contributed by atoms with van der Waals surface area (Å²) in [5.41, 5.74) is 0.158. The number of hydrogen-bond acceptors (Lipinski definition) is 5. The van der Waals surface area contributed by atoms with Gasteiger partial charge in [0.05, 0.1) is 11.1 Å². The molecule has 0 atom stereocenters. The van der Waals surface area contributed by atoms with Crippen molar-refractivity contribution in [2.45, 2.75) is 45.3 Å². The van der Waals surface area contributed by atoms with Crippen LogP contribution in [0.3, 0.4) is 0 Å². The van der Waals surface area contributed by atoms with Gasteiger partial charge in [-0.1, -0.05) is 24.3 Å². The van der Waals surface area contributed by atoms with Crippen LogP contribution in [-0.2, 0) is 4.74 Å². The van der Waals surface area contributed by atoms with Gasteiger partial charge >= 0.3 is 6.09 Å². The molecule has 0 N–H and O–H groups in total. The quantitative estimate of drug-likeness (QED) is 0.676. The molecule has 2 aromatic rings. The van der Waals surface area contributed by atoms with Crippen LogP contribution in [0.1, 0.15) is 44.7 Å². The maximum atomic E-state index is 12.4. The third kappa shape index (κ3) is 7.64. The van der Waals surface area contributed by atoms with Crippen molar-refractivity contribution in [3.63, 3.8) is 0 Å². The normalized spacial score (nSPS) is 13.8. The average molecular weight is 423 g/mol. The van der Waals surface area contributed by atoms with Gasteiger partial charge in [0.2, 0.25) is 0 Å². The van der Waals surface area contributed by atoms with Gasteiger partial charge in [-0.05, 0) is 45.0 Å². The monoisotopic (exact) mass is 423 g/mol. The molecule has 1 fully saturated rings. The molecule has 0 spiro atoms. The molecule has 1 heterocycles. The Hall–Kier alpha value is -3.58. The minimum atomic E-state index is -0.476. The van der Waals surface area contributed by atoms with Gasteiger partial charge < -0.3 is 14.4 Å². The molecular weight excluding hydrogens is 397 g/mol. The summed E-state index contributed by atoms with van der Waals surface area (Å²) in [6.45, 7) is 6.79. The van der Waals surface area contributed by atoms with E-state index in [2.05, 4.69) is 6.07 Å². The summed E-state index contributed by atoms with van der Waals surface area (Å²) in [5, 5.41) is 17.3. The second-order valence-electron chi connectivity index (χ2n) is 7.98. The van der Waals surface area contributed by atoms with Crippen molar-refractivity contribution >= 4 is 6.09 Å². The lowest BCUT2D eigenvalue weighted by atomic mass is 10.1. The van der Waals surface area contributed by atoms with Gasteiger partial charge in [0, 0.05) is 25.9 Å². The predicted molar refractivity (Wildman–Crippen MR) is 114 cm³/mol. The van der Waals surface area contributed by atoms with E-state index in [1.165, 1.54) is 12.1 Å². The fraction of sp³-hybridized carbons (Fsp3) is 0.375. The fourth-order valence-corrected chi connectivity index (χ4v) is 2.88. The maximum absolute atomic E-state index is 12.4. The van der Waals surface area contributed by atoms with Crippen LogP contribution in [0.15, 0.2) is 48.5 Å². The zero-order chi connectivity index (χ0) is 22.9. The zero-order valence-corrected chi connectivity index (χ0v) is 18.0. The van der Waals surface area contributed by atoms with Crippen LogP contribution in [-0.4, -0.2) is 35.8 Å². The molecule has 0 aromatic heterocycles. The van der Waals surface area contributed by atoms with Crippen LogP contribution in [0.4, 0.5) is 9.18 Å². The molecule has 0 saturated carbocycles. The Balaban J connectivity index is 0.000000316. The van der Waals surface area contributed by atoms with Crippen LogP contribution in [0.5, 0.6) is 5.75 Å². The Morgan fingerprint density at radius 3 is 2.06 bits per heavy atom. The van der Waals surface area contributed by atoms with E-state index in [1.54, 1.807) is 35.2 Å². The molecule has 0 unspecified atom stereocenters. The number of hydrogen-bond donors (Lipinski definition) is 0. The van der Waals surface area contributed by atoms with E-state index in [-0.39, 0.29) is 17.8 Å². The maximum Gasteiger partial charge on any atom is 0.410 e. The number of halogens is 1. The molecule has 1 aliphatic heterocycles. The molecule has 162 valence electrons. The van der Waals surface area contributed by atoms with Crippen molar-refractivity contribution in [2.75, 3.05) is 13.1 Å². The summed E-state index contributed by atoms with van der Waals surface area (Å²) in [5.74, 6) is 0.153. The molecular formula is C24H26FN3O3. The van der Waals surface area contributed by atoms with Crippen molar-refractivity contribution in [1.82, 2.24) is 4.90 Å². The first-order chi connectivity index (χ1) is 14.7. The van der Waals surface area contributed by atoms with Gasteiger partial charge in [-0.25, -0.2) is 9.18 Å². The smallest absolute Gasteiger partial charge is 0.410 e. The van der Waals surface area contributed by atoms with Crippen molar-refractivity contribution in [3.05, 3.63) is 65.5 Å². The molecule has 0 bridgehead atoms. The number of carbonyl (C=O) groups excluding carboxylic acids is 1. The molecule has 1 amide bonds. The summed E-state index contributed by atoms with van der Waals surface area (Å²) >= 11 is 0. The van der Waals surface area contributed by atoms with Crippen LogP contribution < -0.4 is 4.74 Å². The lowest BCUT2D eigenvalue weighted by Gasteiger charge is -2.33. The number of amides is 1. The van der Waals surface area contributed by atoms with E-state index >= 15 is 0 Å². The summed E-state index contributed by atoms with van der Waals surface area (Å²) in [6, 6.07) is 16.9. The first kappa shape index (κ1) is 23.7. The van der Waals surface area contributed by atoms with Crippen molar-refractivity contribution in [1.29, 1.82) is 10.5 Å². The number of para-hydroxylation sites is 1. The van der Waals surface area contributed by atoms with E-state index in [0.29, 0.717) is 24.4 Å². The Kier molecular flexibility index (Phi) is 8.40. The topological polar surface area (TPSA) is 86.3 Å². The van der Waals surface area contributed by atoms with Crippen LogP contribution in [0.25, 0.3) is 0 Å². The number of nitrogens with zero attached hydrogens (tertiary/aromatic N) is 3. The Morgan fingerprint density at radius 2 is 1.55 bits per heavy atom. The Morgan fingerprint density at radius 1 is 1.00 bits per heavy atom. The van der Waals surface area contributed by atoms with Gasteiger partial charge in [-0.15, -0.1) is 0 Å². The lowest BCUT2D eigenvalue weighted by molar-refractivity contribution is 0.0126. The number of rotatable bonds is 2. The van der Waals surface area contributed by atoms with Gasteiger partial charge in [0.25, 0.3) is 0 Å². The molecule has 7 heteroatoms. The summed E-state index contributed by atoms with van der Waals surface area (Å²) in [4.78, 5) is 13.7. The van der Waals surface area contributed by atoms with Crippen LogP contribution >= 0.6 is 0 Å². The average Bonchev–Trinajstić information content (AvgIpc) is 2.74. The zero-order valence-electron chi connectivity index (χ0n) is 18.0. The minimum absolute atomic E-state index is 0.0215. The second-order valence-corrected chi connectivity index (χ2v) is 7.98. The molecule has 31 heavy (non-hydrogen) atoms. The molecule has 0 radical (unpaired) electrons. The van der Waals surface area contributed by atoms with Crippen molar-refractivity contribution < 1.29 is 18.7 Å². The van der Waals surface area contributed by atoms with Gasteiger partial charge in [0.1, 0.15) is 35.4 Å². The molecule has 0 aliphatic carbocycles. The van der Waals surface area contributed by atoms with Gasteiger partial charge in [-0.3, -0.25) is 0 Å². The van der Waals surface area contributed by atoms with E-state index in [9.17, 15) is 9.18 Å². The first-order valence-corrected chi connectivity index (χ1v) is 10.0. The number of benzene rings is 2. The number of carbonyl (C=O) groups is 1. The molecule has 2 aromatic carbocycles. The lowest BCUT2D eigenvalue weighted by Crippen LogP contribution is -2.44. The molecule has 3 rings (SSSR count). The molecule has 1 saturated heterocycles. The number of nitriles is 2. The largest absolute Gasteiger partial charge is 0.489 e. The summed E-state index contributed by atoms with van der Waals surface area (Å²) < 4.78 is 23.6. The van der Waals surface area contributed by atoms with Crippen LogP contribution in [0.2, 0.25) is 0 Å². The highest BCUT2D eigenvalue weighted by molar-refractivity contribution is 5.68. The third-order valence-electron chi connectivity index (χ3n) is 4.39. The number of ether oxygens (including phenoxy) is 2. The van der Waals surface area contributed by atoms with Gasteiger partial charge in [0.15, 0.2) is 0 Å². The number of likely N-dealkylation sites (tertiary alicyclic amines) is 1. The molecule has 6 nitrogen and oxygen atoms in total. The van der Waals surface area contributed by atoms with Crippen molar-refractivity contribution in [2.24, 2.45) is 0 Å². The third-order valence-corrected chi connectivity index (χ3v) is 4.39. The summed E-state index contributed by atoms with van der Waals surface area (Å²) in [6.07, 6.45) is 1.22.